The summed E-state index contributed by atoms with van der Waals surface area (Å²) in [6, 6.07) is -0.562. The number of urea groups is 1. The van der Waals surface area contributed by atoms with Gasteiger partial charge in [-0.05, 0) is 19.3 Å². The van der Waals surface area contributed by atoms with Gasteiger partial charge in [-0.25, -0.2) is 4.79 Å². The normalized spacial score (nSPS) is 12.0. The Hall–Kier alpha value is -1.59. The number of rotatable bonds is 6. The standard InChI is InChI=1S/C11H20N2O4/c1-7(2)8(3)12-11(17)13-9(14)5-4-6-10(15)16/h7-8H,4-6H2,1-3H3,(H,15,16)(H2,12,13,14,17). The van der Waals surface area contributed by atoms with Gasteiger partial charge in [0.2, 0.25) is 5.91 Å². The molecule has 17 heavy (non-hydrogen) atoms. The molecule has 0 aromatic heterocycles. The fourth-order valence-electron chi connectivity index (χ4n) is 0.999. The number of hydrogen-bond donors (Lipinski definition) is 3. The minimum absolute atomic E-state index is 0.0261. The highest BCUT2D eigenvalue weighted by molar-refractivity contribution is 5.94. The van der Waals surface area contributed by atoms with Crippen LogP contribution in [0.15, 0.2) is 0 Å². The number of hydrogen-bond acceptors (Lipinski definition) is 3. The van der Waals surface area contributed by atoms with Gasteiger partial charge < -0.3 is 10.4 Å². The number of carbonyl (C=O) groups is 3. The lowest BCUT2D eigenvalue weighted by atomic mass is 10.1. The van der Waals surface area contributed by atoms with Crippen LogP contribution >= 0.6 is 0 Å². The molecule has 3 N–H and O–H groups in total. The first-order valence-electron chi connectivity index (χ1n) is 5.65. The molecule has 98 valence electrons. The van der Waals surface area contributed by atoms with Gasteiger partial charge in [0.15, 0.2) is 0 Å². The second-order valence-electron chi connectivity index (χ2n) is 4.30. The maximum Gasteiger partial charge on any atom is 0.321 e. The van der Waals surface area contributed by atoms with Crippen LogP contribution in [0, 0.1) is 5.92 Å². The predicted octanol–water partition coefficient (Wildman–Crippen LogP) is 1.11. The van der Waals surface area contributed by atoms with Crippen molar-refractivity contribution in [2.45, 2.75) is 46.1 Å². The first kappa shape index (κ1) is 15.4. The zero-order valence-electron chi connectivity index (χ0n) is 10.4. The Morgan fingerprint density at radius 2 is 1.71 bits per heavy atom. The van der Waals surface area contributed by atoms with E-state index >= 15 is 0 Å². The van der Waals surface area contributed by atoms with Crippen LogP contribution in [0.5, 0.6) is 0 Å². The predicted molar refractivity (Wildman–Crippen MR) is 62.5 cm³/mol. The minimum atomic E-state index is -0.948. The number of carbonyl (C=O) groups excluding carboxylic acids is 2. The zero-order valence-corrected chi connectivity index (χ0v) is 10.4. The lowest BCUT2D eigenvalue weighted by molar-refractivity contribution is -0.137. The summed E-state index contributed by atoms with van der Waals surface area (Å²) in [5.41, 5.74) is 0. The average Bonchev–Trinajstić information content (AvgIpc) is 2.16. The number of carboxylic acids is 1. The van der Waals surface area contributed by atoms with E-state index < -0.39 is 17.9 Å². The van der Waals surface area contributed by atoms with E-state index in [1.54, 1.807) is 0 Å². The molecule has 0 bridgehead atoms. The fraction of sp³-hybridized carbons (Fsp3) is 0.727. The Bertz CT molecular complexity index is 289. The lowest BCUT2D eigenvalue weighted by Gasteiger charge is -2.17. The summed E-state index contributed by atoms with van der Waals surface area (Å²) in [6.45, 7) is 5.76. The third kappa shape index (κ3) is 8.24. The summed E-state index contributed by atoms with van der Waals surface area (Å²) in [4.78, 5) is 32.7. The van der Waals surface area contributed by atoms with E-state index in [0.717, 1.165) is 0 Å². The van der Waals surface area contributed by atoms with Crippen molar-refractivity contribution in [1.29, 1.82) is 0 Å². The van der Waals surface area contributed by atoms with Crippen molar-refractivity contribution in [2.75, 3.05) is 0 Å². The molecule has 0 radical (unpaired) electrons. The number of aliphatic carboxylic acids is 1. The number of nitrogens with one attached hydrogen (secondary N) is 2. The van der Waals surface area contributed by atoms with Crippen molar-refractivity contribution in [3.05, 3.63) is 0 Å². The maximum atomic E-state index is 11.3. The van der Waals surface area contributed by atoms with E-state index in [-0.39, 0.29) is 31.2 Å². The first-order valence-corrected chi connectivity index (χ1v) is 5.65. The summed E-state index contributed by atoms with van der Waals surface area (Å²) in [6.07, 6.45) is 0.196. The molecule has 1 unspecified atom stereocenters. The Balaban J connectivity index is 3.80. The monoisotopic (exact) mass is 244 g/mol. The molecule has 0 saturated heterocycles. The smallest absolute Gasteiger partial charge is 0.321 e. The van der Waals surface area contributed by atoms with E-state index in [2.05, 4.69) is 10.6 Å². The highest BCUT2D eigenvalue weighted by Gasteiger charge is 2.13. The molecule has 0 aliphatic carbocycles. The summed E-state index contributed by atoms with van der Waals surface area (Å²) in [7, 11) is 0. The van der Waals surface area contributed by atoms with Crippen molar-refractivity contribution >= 4 is 17.9 Å². The molecule has 0 fully saturated rings. The van der Waals surface area contributed by atoms with E-state index in [0.29, 0.717) is 0 Å². The third-order valence-electron chi connectivity index (χ3n) is 2.41. The molecule has 0 aromatic carbocycles. The van der Waals surface area contributed by atoms with E-state index in [9.17, 15) is 14.4 Å². The fourth-order valence-corrected chi connectivity index (χ4v) is 0.999. The number of imide groups is 1. The van der Waals surface area contributed by atoms with E-state index in [1.165, 1.54) is 0 Å². The molecule has 0 saturated carbocycles. The molecule has 0 aliphatic rings. The average molecular weight is 244 g/mol. The Morgan fingerprint density at radius 1 is 1.12 bits per heavy atom. The quantitative estimate of drug-likeness (QED) is 0.652. The van der Waals surface area contributed by atoms with Crippen molar-refractivity contribution in [2.24, 2.45) is 5.92 Å². The van der Waals surface area contributed by atoms with Crippen LogP contribution in [-0.2, 0) is 9.59 Å². The van der Waals surface area contributed by atoms with Crippen LogP contribution in [0.1, 0.15) is 40.0 Å². The topological polar surface area (TPSA) is 95.5 Å². The van der Waals surface area contributed by atoms with Gasteiger partial charge in [0, 0.05) is 18.9 Å². The SMILES string of the molecule is CC(C)C(C)NC(=O)NC(=O)CCCC(=O)O. The van der Waals surface area contributed by atoms with Gasteiger partial charge in [-0.15, -0.1) is 0 Å². The van der Waals surface area contributed by atoms with Gasteiger partial charge in [-0.1, -0.05) is 13.8 Å². The molecular formula is C11H20N2O4. The lowest BCUT2D eigenvalue weighted by Crippen LogP contribution is -2.45. The van der Waals surface area contributed by atoms with Crippen LogP contribution in [0.3, 0.4) is 0 Å². The maximum absolute atomic E-state index is 11.3. The second kappa shape index (κ2) is 7.65. The molecule has 1 atom stereocenters. The van der Waals surface area contributed by atoms with Gasteiger partial charge in [0.05, 0.1) is 0 Å². The van der Waals surface area contributed by atoms with Crippen LogP contribution in [0.2, 0.25) is 0 Å². The highest BCUT2D eigenvalue weighted by Crippen LogP contribution is 1.99. The van der Waals surface area contributed by atoms with Gasteiger partial charge in [0.25, 0.3) is 0 Å². The summed E-state index contributed by atoms with van der Waals surface area (Å²) < 4.78 is 0. The molecule has 3 amide bonds. The summed E-state index contributed by atoms with van der Waals surface area (Å²) >= 11 is 0. The van der Waals surface area contributed by atoms with Crippen molar-refractivity contribution in [3.63, 3.8) is 0 Å². The Kier molecular flexibility index (Phi) is 6.93. The van der Waals surface area contributed by atoms with Gasteiger partial charge in [0.1, 0.15) is 0 Å². The van der Waals surface area contributed by atoms with Gasteiger partial charge in [-0.2, -0.15) is 0 Å². The summed E-state index contributed by atoms with van der Waals surface area (Å²) in [5.74, 6) is -1.13. The molecule has 0 aromatic rings. The zero-order chi connectivity index (χ0) is 13.4. The van der Waals surface area contributed by atoms with Gasteiger partial charge in [-0.3, -0.25) is 14.9 Å². The Morgan fingerprint density at radius 3 is 2.18 bits per heavy atom. The van der Waals surface area contributed by atoms with Crippen LogP contribution < -0.4 is 10.6 Å². The van der Waals surface area contributed by atoms with Crippen molar-refractivity contribution < 1.29 is 19.5 Å². The van der Waals surface area contributed by atoms with E-state index in [4.69, 9.17) is 5.11 Å². The highest BCUT2D eigenvalue weighted by atomic mass is 16.4. The van der Waals surface area contributed by atoms with Crippen molar-refractivity contribution in [1.82, 2.24) is 10.6 Å². The summed E-state index contributed by atoms with van der Waals surface area (Å²) in [5, 5.41) is 13.2. The number of amides is 3. The Labute approximate surface area is 101 Å². The third-order valence-corrected chi connectivity index (χ3v) is 2.41. The largest absolute Gasteiger partial charge is 0.481 e. The van der Waals surface area contributed by atoms with Gasteiger partial charge >= 0.3 is 12.0 Å². The van der Waals surface area contributed by atoms with Crippen LogP contribution in [-0.4, -0.2) is 29.1 Å². The molecule has 6 heteroatoms. The molecule has 0 aliphatic heterocycles. The molecular weight excluding hydrogens is 224 g/mol. The molecule has 0 rings (SSSR count). The van der Waals surface area contributed by atoms with Crippen LogP contribution in [0.4, 0.5) is 4.79 Å². The second-order valence-corrected chi connectivity index (χ2v) is 4.30. The van der Waals surface area contributed by atoms with Crippen molar-refractivity contribution in [3.8, 4) is 0 Å². The molecule has 0 spiro atoms. The first-order chi connectivity index (χ1) is 7.82. The van der Waals surface area contributed by atoms with Crippen LogP contribution in [0.25, 0.3) is 0 Å². The molecule has 6 nitrogen and oxygen atoms in total. The van der Waals surface area contributed by atoms with E-state index in [1.807, 2.05) is 20.8 Å². The minimum Gasteiger partial charge on any atom is -0.481 e. The number of carboxylic acid groups (broad SMARTS) is 1. The molecule has 0 heterocycles.